The molecule has 1 saturated heterocycles. The van der Waals surface area contributed by atoms with E-state index < -0.39 is 60.2 Å². The van der Waals surface area contributed by atoms with E-state index in [0.29, 0.717) is 12.8 Å². The van der Waals surface area contributed by atoms with E-state index in [9.17, 15) is 34.2 Å². The van der Waals surface area contributed by atoms with Crippen LogP contribution in [0.1, 0.15) is 36.8 Å². The lowest BCUT2D eigenvalue weighted by Gasteiger charge is -2.29. The van der Waals surface area contributed by atoms with Crippen molar-refractivity contribution in [3.8, 4) is 0 Å². The van der Waals surface area contributed by atoms with Crippen LogP contribution in [-0.4, -0.2) is 80.5 Å². The molecule has 12 heteroatoms. The first-order valence-electron chi connectivity index (χ1n) is 13.8. The van der Waals surface area contributed by atoms with E-state index in [0.717, 1.165) is 22.0 Å². The van der Waals surface area contributed by atoms with Gasteiger partial charge < -0.3 is 36.5 Å². The van der Waals surface area contributed by atoms with Gasteiger partial charge in [0.1, 0.15) is 18.1 Å². The van der Waals surface area contributed by atoms with Crippen molar-refractivity contribution in [1.29, 1.82) is 0 Å². The molecule has 2 aromatic carbocycles. The zero-order valence-electron chi connectivity index (χ0n) is 23.0. The Bertz CT molecular complexity index is 1440. The maximum Gasteiger partial charge on any atom is 0.326 e. The van der Waals surface area contributed by atoms with Crippen LogP contribution in [0.15, 0.2) is 60.8 Å². The molecule has 12 nitrogen and oxygen atoms in total. The van der Waals surface area contributed by atoms with Gasteiger partial charge in [0.25, 0.3) is 0 Å². The molecule has 222 valence electrons. The van der Waals surface area contributed by atoms with E-state index in [1.54, 1.807) is 36.5 Å². The summed E-state index contributed by atoms with van der Waals surface area (Å²) in [4.78, 5) is 67.6. The van der Waals surface area contributed by atoms with Crippen LogP contribution in [-0.2, 0) is 36.8 Å². The molecule has 4 atom stereocenters. The van der Waals surface area contributed by atoms with Crippen molar-refractivity contribution in [3.05, 3.63) is 71.9 Å². The van der Waals surface area contributed by atoms with E-state index in [-0.39, 0.29) is 25.8 Å². The third-order valence-electron chi connectivity index (χ3n) is 7.45. The summed E-state index contributed by atoms with van der Waals surface area (Å²) in [5, 5.41) is 25.0. The highest BCUT2D eigenvalue weighted by atomic mass is 16.4. The summed E-state index contributed by atoms with van der Waals surface area (Å²) in [5.41, 5.74) is 8.62. The van der Waals surface area contributed by atoms with Crippen molar-refractivity contribution in [1.82, 2.24) is 20.5 Å². The van der Waals surface area contributed by atoms with Gasteiger partial charge in [-0.25, -0.2) is 4.79 Å². The number of carbonyl (C=O) groups is 5. The van der Waals surface area contributed by atoms with Crippen molar-refractivity contribution >= 4 is 40.6 Å². The Morgan fingerprint density at radius 2 is 1.62 bits per heavy atom. The quantitative estimate of drug-likeness (QED) is 0.174. The SMILES string of the molecule is NC(Cc1c[nH]c2ccccc12)C(=O)NC(CCC(=O)O)C(=O)NC(Cc1ccccc1)C(=O)N1CCCC1C(=O)O. The van der Waals surface area contributed by atoms with Gasteiger partial charge in [0.05, 0.1) is 6.04 Å². The first kappa shape index (κ1) is 30.3. The number of rotatable bonds is 13. The number of aromatic nitrogens is 1. The Balaban J connectivity index is 1.50. The summed E-state index contributed by atoms with van der Waals surface area (Å²) >= 11 is 0. The van der Waals surface area contributed by atoms with Crippen molar-refractivity contribution in [2.45, 2.75) is 62.7 Å². The lowest BCUT2D eigenvalue weighted by Crippen LogP contribution is -2.57. The topological polar surface area (TPSA) is 195 Å². The van der Waals surface area contributed by atoms with Crippen LogP contribution in [0.4, 0.5) is 0 Å². The molecule has 0 aliphatic carbocycles. The van der Waals surface area contributed by atoms with Crippen LogP contribution in [0.25, 0.3) is 10.9 Å². The minimum Gasteiger partial charge on any atom is -0.481 e. The Labute approximate surface area is 242 Å². The molecule has 0 radical (unpaired) electrons. The number of H-pyrrole nitrogens is 1. The van der Waals surface area contributed by atoms with Crippen LogP contribution < -0.4 is 16.4 Å². The first-order valence-corrected chi connectivity index (χ1v) is 13.8. The number of carboxylic acids is 2. The Hall–Kier alpha value is -4.71. The lowest BCUT2D eigenvalue weighted by molar-refractivity contribution is -0.149. The van der Waals surface area contributed by atoms with Gasteiger partial charge in [-0.2, -0.15) is 0 Å². The standard InChI is InChI=1S/C30H35N5O7/c31-21(16-19-17-32-22-10-5-4-9-20(19)22)27(38)33-23(12-13-26(36)37)28(39)34-24(15-18-7-2-1-3-8-18)29(40)35-14-6-11-25(35)30(41)42/h1-5,7-10,17,21,23-25,32H,6,11-16,31H2,(H,33,38)(H,34,39)(H,36,37)(H,41,42). The smallest absolute Gasteiger partial charge is 0.326 e. The normalized spacial score (nSPS) is 16.9. The van der Waals surface area contributed by atoms with Crippen LogP contribution in [0, 0.1) is 0 Å². The highest BCUT2D eigenvalue weighted by Crippen LogP contribution is 2.21. The molecule has 1 fully saturated rings. The maximum atomic E-state index is 13.5. The fraction of sp³-hybridized carbons (Fsp3) is 0.367. The number of fused-ring (bicyclic) bond motifs is 1. The second kappa shape index (κ2) is 13.8. The first-order chi connectivity index (χ1) is 20.1. The Morgan fingerprint density at radius 3 is 2.33 bits per heavy atom. The number of nitrogens with one attached hydrogen (secondary N) is 3. The summed E-state index contributed by atoms with van der Waals surface area (Å²) in [6.45, 7) is 0.235. The van der Waals surface area contributed by atoms with Crippen LogP contribution >= 0.6 is 0 Å². The molecule has 0 bridgehead atoms. The number of carbonyl (C=O) groups excluding carboxylic acids is 3. The molecule has 0 saturated carbocycles. The van der Waals surface area contributed by atoms with E-state index in [4.69, 9.17) is 5.73 Å². The number of para-hydroxylation sites is 1. The number of hydrogen-bond acceptors (Lipinski definition) is 6. The van der Waals surface area contributed by atoms with Crippen molar-refractivity contribution < 1.29 is 34.2 Å². The molecule has 4 rings (SSSR count). The number of aromatic amines is 1. The third-order valence-corrected chi connectivity index (χ3v) is 7.45. The molecule has 7 N–H and O–H groups in total. The second-order valence-corrected chi connectivity index (χ2v) is 10.4. The minimum atomic E-state index is -1.29. The monoisotopic (exact) mass is 577 g/mol. The zero-order chi connectivity index (χ0) is 30.2. The number of aliphatic carboxylic acids is 2. The number of hydrogen-bond donors (Lipinski definition) is 6. The van der Waals surface area contributed by atoms with E-state index in [1.165, 1.54) is 4.90 Å². The minimum absolute atomic E-state index is 0.0773. The second-order valence-electron chi connectivity index (χ2n) is 10.4. The largest absolute Gasteiger partial charge is 0.481 e. The number of likely N-dealkylation sites (tertiary alicyclic amines) is 1. The van der Waals surface area contributed by atoms with Gasteiger partial charge in [-0.05, 0) is 42.9 Å². The van der Waals surface area contributed by atoms with Crippen molar-refractivity contribution in [2.24, 2.45) is 5.73 Å². The average molecular weight is 578 g/mol. The number of nitrogens with two attached hydrogens (primary N) is 1. The van der Waals surface area contributed by atoms with E-state index >= 15 is 0 Å². The van der Waals surface area contributed by atoms with E-state index in [2.05, 4.69) is 15.6 Å². The number of carboxylic acid groups (broad SMARTS) is 2. The maximum absolute atomic E-state index is 13.5. The van der Waals surface area contributed by atoms with Gasteiger partial charge in [-0.15, -0.1) is 0 Å². The van der Waals surface area contributed by atoms with Gasteiger partial charge in [-0.3, -0.25) is 19.2 Å². The highest BCUT2D eigenvalue weighted by Gasteiger charge is 2.38. The van der Waals surface area contributed by atoms with Gasteiger partial charge in [-0.1, -0.05) is 48.5 Å². The summed E-state index contributed by atoms with van der Waals surface area (Å²) in [7, 11) is 0. The fourth-order valence-electron chi connectivity index (χ4n) is 5.26. The molecular weight excluding hydrogens is 542 g/mol. The van der Waals surface area contributed by atoms with Crippen LogP contribution in [0.2, 0.25) is 0 Å². The van der Waals surface area contributed by atoms with E-state index in [1.807, 2.05) is 24.3 Å². The molecular formula is C30H35N5O7. The Kier molecular flexibility index (Phi) is 9.92. The molecule has 1 aliphatic heterocycles. The summed E-state index contributed by atoms with van der Waals surface area (Å²) < 4.78 is 0. The highest BCUT2D eigenvalue weighted by molar-refractivity contribution is 5.95. The zero-order valence-corrected chi connectivity index (χ0v) is 23.0. The van der Waals surface area contributed by atoms with Gasteiger partial charge >= 0.3 is 11.9 Å². The van der Waals surface area contributed by atoms with Crippen LogP contribution in [0.3, 0.4) is 0 Å². The summed E-state index contributed by atoms with van der Waals surface area (Å²) in [6.07, 6.45) is 2.17. The van der Waals surface area contributed by atoms with Crippen LogP contribution in [0.5, 0.6) is 0 Å². The molecule has 42 heavy (non-hydrogen) atoms. The number of benzene rings is 2. The molecule has 3 aromatic rings. The predicted molar refractivity (Wildman–Crippen MR) is 153 cm³/mol. The van der Waals surface area contributed by atoms with Gasteiger partial charge in [0.2, 0.25) is 17.7 Å². The molecule has 0 spiro atoms. The summed E-state index contributed by atoms with van der Waals surface area (Å²) in [6, 6.07) is 12.0. The molecule has 1 aromatic heterocycles. The van der Waals surface area contributed by atoms with Gasteiger partial charge in [0.15, 0.2) is 0 Å². The lowest BCUT2D eigenvalue weighted by atomic mass is 10.0. The molecule has 3 amide bonds. The molecule has 4 unspecified atom stereocenters. The van der Waals surface area contributed by atoms with Gasteiger partial charge in [0, 0.05) is 36.5 Å². The number of nitrogens with zero attached hydrogens (tertiary/aromatic N) is 1. The van der Waals surface area contributed by atoms with Crippen molar-refractivity contribution in [3.63, 3.8) is 0 Å². The average Bonchev–Trinajstić information content (AvgIpc) is 3.63. The molecule has 1 aliphatic rings. The molecule has 2 heterocycles. The summed E-state index contributed by atoms with van der Waals surface area (Å²) in [5.74, 6) is -4.26. The number of amides is 3. The fourth-order valence-corrected chi connectivity index (χ4v) is 5.26. The predicted octanol–water partition coefficient (Wildman–Crippen LogP) is 1.19. The van der Waals surface area contributed by atoms with Crippen molar-refractivity contribution in [2.75, 3.05) is 6.54 Å². The Morgan fingerprint density at radius 1 is 0.929 bits per heavy atom. The third kappa shape index (κ3) is 7.52.